The van der Waals surface area contributed by atoms with E-state index in [0.717, 1.165) is 27.9 Å². The zero-order chi connectivity index (χ0) is 18.2. The van der Waals surface area contributed by atoms with Gasteiger partial charge in [0.1, 0.15) is 12.4 Å². The number of carbonyl (C=O) groups is 1. The molecule has 0 radical (unpaired) electrons. The summed E-state index contributed by atoms with van der Waals surface area (Å²) in [7, 11) is 1.63. The summed E-state index contributed by atoms with van der Waals surface area (Å²) < 4.78 is 10.4. The van der Waals surface area contributed by atoms with E-state index in [4.69, 9.17) is 9.47 Å². The number of anilines is 2. The highest BCUT2D eigenvalue weighted by Gasteiger charge is 2.05. The summed E-state index contributed by atoms with van der Waals surface area (Å²) in [6.07, 6.45) is 0. The van der Waals surface area contributed by atoms with Crippen molar-refractivity contribution in [2.75, 3.05) is 37.5 Å². The highest BCUT2D eigenvalue weighted by atomic mass is 16.5. The first kappa shape index (κ1) is 17.8. The van der Waals surface area contributed by atoms with Gasteiger partial charge in [-0.3, -0.25) is 4.79 Å². The normalized spacial score (nSPS) is 10.5. The van der Waals surface area contributed by atoms with E-state index >= 15 is 0 Å². The maximum atomic E-state index is 12.2. The first-order valence-corrected chi connectivity index (χ1v) is 8.49. The van der Waals surface area contributed by atoms with E-state index in [-0.39, 0.29) is 12.5 Å². The van der Waals surface area contributed by atoms with Crippen molar-refractivity contribution in [3.63, 3.8) is 0 Å². The van der Waals surface area contributed by atoms with Crippen LogP contribution >= 0.6 is 0 Å². The zero-order valence-corrected chi connectivity index (χ0v) is 14.7. The summed E-state index contributed by atoms with van der Waals surface area (Å²) >= 11 is 0. The van der Waals surface area contributed by atoms with Crippen molar-refractivity contribution in [2.45, 2.75) is 0 Å². The number of benzene rings is 3. The lowest BCUT2D eigenvalue weighted by Gasteiger charge is -2.11. The van der Waals surface area contributed by atoms with E-state index < -0.39 is 0 Å². The van der Waals surface area contributed by atoms with Gasteiger partial charge in [0, 0.05) is 23.9 Å². The predicted molar refractivity (Wildman–Crippen MR) is 105 cm³/mol. The van der Waals surface area contributed by atoms with Gasteiger partial charge in [0.05, 0.1) is 13.2 Å². The smallest absolute Gasteiger partial charge is 0.243 e. The van der Waals surface area contributed by atoms with Crippen molar-refractivity contribution in [1.82, 2.24) is 0 Å². The number of ether oxygens (including phenoxy) is 2. The molecule has 5 heteroatoms. The lowest BCUT2D eigenvalue weighted by atomic mass is 10.1. The molecule has 134 valence electrons. The Kier molecular flexibility index (Phi) is 6.06. The second kappa shape index (κ2) is 8.87. The van der Waals surface area contributed by atoms with Crippen molar-refractivity contribution >= 4 is 28.1 Å². The van der Waals surface area contributed by atoms with Crippen molar-refractivity contribution in [3.8, 4) is 5.75 Å². The molecule has 26 heavy (non-hydrogen) atoms. The fraction of sp³-hybridized carbons (Fsp3) is 0.190. The second-order valence-electron chi connectivity index (χ2n) is 5.79. The molecule has 0 aliphatic carbocycles. The minimum Gasteiger partial charge on any atom is -0.491 e. The van der Waals surface area contributed by atoms with Crippen molar-refractivity contribution < 1.29 is 14.3 Å². The van der Waals surface area contributed by atoms with Gasteiger partial charge in [0.15, 0.2) is 0 Å². The summed E-state index contributed by atoms with van der Waals surface area (Å²) in [5, 5.41) is 8.31. The van der Waals surface area contributed by atoms with Crippen LogP contribution in [-0.2, 0) is 9.53 Å². The van der Waals surface area contributed by atoms with Gasteiger partial charge in [0.25, 0.3) is 0 Å². The molecular formula is C21H22N2O3. The van der Waals surface area contributed by atoms with Crippen LogP contribution < -0.4 is 15.4 Å². The van der Waals surface area contributed by atoms with Crippen LogP contribution in [0.2, 0.25) is 0 Å². The molecule has 1 amide bonds. The molecule has 5 nitrogen and oxygen atoms in total. The maximum absolute atomic E-state index is 12.2. The van der Waals surface area contributed by atoms with Crippen LogP contribution in [-0.4, -0.2) is 32.8 Å². The van der Waals surface area contributed by atoms with Gasteiger partial charge >= 0.3 is 0 Å². The van der Waals surface area contributed by atoms with Crippen LogP contribution in [0.25, 0.3) is 10.8 Å². The summed E-state index contributed by atoms with van der Waals surface area (Å²) in [6, 6.07) is 21.4. The summed E-state index contributed by atoms with van der Waals surface area (Å²) in [5.41, 5.74) is 1.67. The Morgan fingerprint density at radius 1 is 0.923 bits per heavy atom. The Hall–Kier alpha value is -3.05. The van der Waals surface area contributed by atoms with Gasteiger partial charge < -0.3 is 20.1 Å². The third-order valence-corrected chi connectivity index (χ3v) is 3.92. The number of hydrogen-bond acceptors (Lipinski definition) is 4. The number of nitrogens with one attached hydrogen (secondary N) is 2. The third kappa shape index (κ3) is 4.74. The molecule has 0 aromatic heterocycles. The quantitative estimate of drug-likeness (QED) is 0.605. The van der Waals surface area contributed by atoms with Crippen LogP contribution in [0.1, 0.15) is 0 Å². The summed E-state index contributed by atoms with van der Waals surface area (Å²) in [6.45, 7) is 1.23. The second-order valence-corrected chi connectivity index (χ2v) is 5.79. The Bertz CT molecular complexity index is 857. The van der Waals surface area contributed by atoms with Crippen LogP contribution in [0.3, 0.4) is 0 Å². The molecule has 2 N–H and O–H groups in total. The van der Waals surface area contributed by atoms with E-state index in [0.29, 0.717) is 13.2 Å². The molecular weight excluding hydrogens is 328 g/mol. The summed E-state index contributed by atoms with van der Waals surface area (Å²) in [5.74, 6) is 0.639. The number of amides is 1. The third-order valence-electron chi connectivity index (χ3n) is 3.92. The van der Waals surface area contributed by atoms with E-state index in [1.54, 1.807) is 7.11 Å². The van der Waals surface area contributed by atoms with Crippen molar-refractivity contribution in [3.05, 3.63) is 66.7 Å². The molecule has 0 saturated heterocycles. The lowest BCUT2D eigenvalue weighted by molar-refractivity contribution is -0.114. The molecule has 0 aliphatic heterocycles. The van der Waals surface area contributed by atoms with Gasteiger partial charge in [-0.25, -0.2) is 0 Å². The zero-order valence-electron chi connectivity index (χ0n) is 14.7. The van der Waals surface area contributed by atoms with Crippen LogP contribution in [0.4, 0.5) is 11.4 Å². The number of carbonyl (C=O) groups excluding carboxylic acids is 1. The lowest BCUT2D eigenvalue weighted by Crippen LogP contribution is -2.21. The predicted octanol–water partition coefficient (Wildman–Crippen LogP) is 3.92. The molecule has 0 atom stereocenters. The van der Waals surface area contributed by atoms with E-state index in [1.807, 2.05) is 54.6 Å². The fourth-order valence-corrected chi connectivity index (χ4v) is 2.64. The van der Waals surface area contributed by atoms with Crippen LogP contribution in [0.15, 0.2) is 66.7 Å². The van der Waals surface area contributed by atoms with E-state index in [9.17, 15) is 4.79 Å². The molecule has 0 bridgehead atoms. The van der Waals surface area contributed by atoms with Crippen molar-refractivity contribution in [2.24, 2.45) is 0 Å². The SMILES string of the molecule is COCCOc1ccc(NC(=O)CNc2cccc3ccccc23)cc1. The monoisotopic (exact) mass is 350 g/mol. The Morgan fingerprint density at radius 2 is 1.69 bits per heavy atom. The fourth-order valence-electron chi connectivity index (χ4n) is 2.64. The highest BCUT2D eigenvalue weighted by Crippen LogP contribution is 2.22. The van der Waals surface area contributed by atoms with Gasteiger partial charge in [-0.05, 0) is 35.7 Å². The summed E-state index contributed by atoms with van der Waals surface area (Å²) in [4.78, 5) is 12.2. The van der Waals surface area contributed by atoms with Crippen molar-refractivity contribution in [1.29, 1.82) is 0 Å². The van der Waals surface area contributed by atoms with Crippen LogP contribution in [0, 0.1) is 0 Å². The average molecular weight is 350 g/mol. The maximum Gasteiger partial charge on any atom is 0.243 e. The molecule has 0 saturated carbocycles. The molecule has 3 aromatic carbocycles. The number of hydrogen-bond donors (Lipinski definition) is 2. The van der Waals surface area contributed by atoms with Crippen LogP contribution in [0.5, 0.6) is 5.75 Å². The van der Waals surface area contributed by atoms with E-state index in [2.05, 4.69) is 22.8 Å². The number of fused-ring (bicyclic) bond motifs is 1. The standard InChI is InChI=1S/C21H22N2O3/c1-25-13-14-26-18-11-9-17(10-12-18)23-21(24)15-22-20-8-4-6-16-5-2-3-7-19(16)20/h2-12,22H,13-15H2,1H3,(H,23,24). The molecule has 0 heterocycles. The highest BCUT2D eigenvalue weighted by molar-refractivity contribution is 5.97. The van der Waals surface area contributed by atoms with Gasteiger partial charge in [-0.15, -0.1) is 0 Å². The Morgan fingerprint density at radius 3 is 2.50 bits per heavy atom. The molecule has 3 rings (SSSR count). The first-order chi connectivity index (χ1) is 12.8. The average Bonchev–Trinajstić information content (AvgIpc) is 2.68. The minimum absolute atomic E-state index is 0.106. The molecule has 0 spiro atoms. The largest absolute Gasteiger partial charge is 0.491 e. The first-order valence-electron chi connectivity index (χ1n) is 8.49. The Labute approximate surface area is 152 Å². The minimum atomic E-state index is -0.106. The molecule has 3 aromatic rings. The number of methoxy groups -OCH3 is 1. The number of rotatable bonds is 8. The van der Waals surface area contributed by atoms with E-state index in [1.165, 1.54) is 0 Å². The molecule has 0 aliphatic rings. The van der Waals surface area contributed by atoms with Gasteiger partial charge in [-0.1, -0.05) is 36.4 Å². The topological polar surface area (TPSA) is 59.6 Å². The van der Waals surface area contributed by atoms with Gasteiger partial charge in [0.2, 0.25) is 5.91 Å². The molecule has 0 fully saturated rings. The Balaban J connectivity index is 1.54. The van der Waals surface area contributed by atoms with Gasteiger partial charge in [-0.2, -0.15) is 0 Å². The molecule has 0 unspecified atom stereocenters.